The minimum absolute atomic E-state index is 0.0312. The molecule has 1 amide bonds. The summed E-state index contributed by atoms with van der Waals surface area (Å²) in [6.45, 7) is 1.91. The van der Waals surface area contributed by atoms with E-state index < -0.39 is 0 Å². The first-order valence-electron chi connectivity index (χ1n) is 10.0. The molecule has 0 aliphatic heterocycles. The summed E-state index contributed by atoms with van der Waals surface area (Å²) in [5, 5.41) is 8.69. The maximum Gasteiger partial charge on any atom is 0.241 e. The fourth-order valence-corrected chi connectivity index (χ4v) is 4.28. The van der Waals surface area contributed by atoms with E-state index in [1.807, 2.05) is 73.7 Å². The highest BCUT2D eigenvalue weighted by atomic mass is 32.1. The number of anilines is 1. The topological polar surface area (TPSA) is 41.1 Å². The Balaban J connectivity index is 1.53. The van der Waals surface area contributed by atoms with Gasteiger partial charge in [0.15, 0.2) is 0 Å². The molecule has 0 unspecified atom stereocenters. The summed E-state index contributed by atoms with van der Waals surface area (Å²) in [4.78, 5) is 14.2. The summed E-state index contributed by atoms with van der Waals surface area (Å²) in [7, 11) is 0. The van der Waals surface area contributed by atoms with Crippen molar-refractivity contribution in [3.8, 4) is 11.1 Å². The largest absolute Gasteiger partial charge is 0.324 e. The Bertz CT molecular complexity index is 1080. The highest BCUT2D eigenvalue weighted by Crippen LogP contribution is 2.29. The van der Waals surface area contributed by atoms with Gasteiger partial charge in [-0.25, -0.2) is 0 Å². The summed E-state index contributed by atoms with van der Waals surface area (Å²) in [6, 6.07) is 32.0. The minimum Gasteiger partial charge on any atom is -0.324 e. The van der Waals surface area contributed by atoms with Crippen LogP contribution in [-0.2, 0) is 4.79 Å². The van der Waals surface area contributed by atoms with Gasteiger partial charge in [0.1, 0.15) is 0 Å². The van der Waals surface area contributed by atoms with E-state index in [0.29, 0.717) is 0 Å². The van der Waals surface area contributed by atoms with Crippen molar-refractivity contribution < 1.29 is 4.79 Å². The van der Waals surface area contributed by atoms with Gasteiger partial charge in [0.2, 0.25) is 5.91 Å². The molecule has 3 aromatic carbocycles. The van der Waals surface area contributed by atoms with Gasteiger partial charge in [0.05, 0.1) is 12.1 Å². The monoisotopic (exact) mass is 412 g/mol. The second kappa shape index (κ2) is 9.53. The predicted molar refractivity (Wildman–Crippen MR) is 126 cm³/mol. The van der Waals surface area contributed by atoms with Crippen molar-refractivity contribution in [2.24, 2.45) is 0 Å². The van der Waals surface area contributed by atoms with Crippen LogP contribution in [0.5, 0.6) is 0 Å². The molecule has 1 heterocycles. The molecule has 150 valence electrons. The summed E-state index contributed by atoms with van der Waals surface area (Å²) in [5.74, 6) is -0.0594. The molecule has 0 fully saturated rings. The Morgan fingerprint density at radius 2 is 1.47 bits per heavy atom. The standard InChI is InChI=1S/C26H24N2OS/c1-19(27-25(24-17-10-18-30-24)21-13-6-3-7-14-21)26(29)28-23-16-9-8-15-22(23)20-11-4-2-5-12-20/h2-19,25,27H,1H3,(H,28,29)/t19-,25+/m1/s1. The van der Waals surface area contributed by atoms with E-state index in [1.54, 1.807) is 11.3 Å². The fraction of sp³-hybridized carbons (Fsp3) is 0.115. The molecule has 4 aromatic rings. The van der Waals surface area contributed by atoms with Crippen molar-refractivity contribution >= 4 is 22.9 Å². The average Bonchev–Trinajstić information content (AvgIpc) is 3.33. The van der Waals surface area contributed by atoms with Gasteiger partial charge in [0.25, 0.3) is 0 Å². The van der Waals surface area contributed by atoms with Gasteiger partial charge in [-0.2, -0.15) is 0 Å². The molecule has 4 rings (SSSR count). The van der Waals surface area contributed by atoms with E-state index in [2.05, 4.69) is 46.3 Å². The number of amides is 1. The molecule has 30 heavy (non-hydrogen) atoms. The van der Waals surface area contributed by atoms with E-state index in [1.165, 1.54) is 4.88 Å². The molecule has 0 bridgehead atoms. The van der Waals surface area contributed by atoms with E-state index >= 15 is 0 Å². The lowest BCUT2D eigenvalue weighted by atomic mass is 10.0. The summed E-state index contributed by atoms with van der Waals surface area (Å²) in [6.07, 6.45) is 0. The Labute approximate surface area is 181 Å². The first-order chi connectivity index (χ1) is 14.7. The van der Waals surface area contributed by atoms with Crippen molar-refractivity contribution in [2.75, 3.05) is 5.32 Å². The number of carbonyl (C=O) groups is 1. The molecule has 0 saturated carbocycles. The first kappa shape index (κ1) is 20.1. The molecule has 0 aliphatic carbocycles. The summed E-state index contributed by atoms with van der Waals surface area (Å²) < 4.78 is 0. The van der Waals surface area contributed by atoms with Crippen LogP contribution in [0.4, 0.5) is 5.69 Å². The zero-order chi connectivity index (χ0) is 20.8. The van der Waals surface area contributed by atoms with Crippen LogP contribution in [-0.4, -0.2) is 11.9 Å². The quantitative estimate of drug-likeness (QED) is 0.384. The van der Waals surface area contributed by atoms with Crippen LogP contribution in [0.15, 0.2) is 102 Å². The highest BCUT2D eigenvalue weighted by Gasteiger charge is 2.22. The lowest BCUT2D eigenvalue weighted by Gasteiger charge is -2.23. The fourth-order valence-electron chi connectivity index (χ4n) is 3.47. The van der Waals surface area contributed by atoms with Crippen LogP contribution in [0.1, 0.15) is 23.4 Å². The summed E-state index contributed by atoms with van der Waals surface area (Å²) >= 11 is 1.69. The molecule has 2 N–H and O–H groups in total. The normalized spacial score (nSPS) is 12.8. The SMILES string of the molecule is C[C@@H](N[C@@H](c1ccccc1)c1cccs1)C(=O)Nc1ccccc1-c1ccccc1. The van der Waals surface area contributed by atoms with Gasteiger partial charge in [0, 0.05) is 16.1 Å². The van der Waals surface area contributed by atoms with Crippen LogP contribution in [0.2, 0.25) is 0 Å². The van der Waals surface area contributed by atoms with Gasteiger partial charge < -0.3 is 5.32 Å². The molecular weight excluding hydrogens is 388 g/mol. The van der Waals surface area contributed by atoms with Gasteiger partial charge in [-0.3, -0.25) is 10.1 Å². The Morgan fingerprint density at radius 1 is 0.800 bits per heavy atom. The van der Waals surface area contributed by atoms with Gasteiger partial charge >= 0.3 is 0 Å². The van der Waals surface area contributed by atoms with Crippen molar-refractivity contribution in [1.82, 2.24) is 5.32 Å². The van der Waals surface area contributed by atoms with E-state index in [-0.39, 0.29) is 18.0 Å². The molecule has 0 saturated heterocycles. The third-order valence-corrected chi connectivity index (χ3v) is 5.98. The zero-order valence-electron chi connectivity index (χ0n) is 16.8. The Morgan fingerprint density at radius 3 is 2.17 bits per heavy atom. The van der Waals surface area contributed by atoms with Gasteiger partial charge in [-0.1, -0.05) is 84.9 Å². The van der Waals surface area contributed by atoms with Crippen molar-refractivity contribution in [3.05, 3.63) is 113 Å². The minimum atomic E-state index is -0.374. The van der Waals surface area contributed by atoms with Crippen molar-refractivity contribution in [1.29, 1.82) is 0 Å². The van der Waals surface area contributed by atoms with Gasteiger partial charge in [-0.15, -0.1) is 11.3 Å². The molecule has 0 spiro atoms. The molecule has 0 aliphatic rings. The van der Waals surface area contributed by atoms with Crippen LogP contribution in [0.3, 0.4) is 0 Å². The number of rotatable bonds is 7. The second-order valence-electron chi connectivity index (χ2n) is 7.15. The number of carbonyl (C=O) groups excluding carboxylic acids is 1. The molecule has 1 aromatic heterocycles. The smallest absolute Gasteiger partial charge is 0.241 e. The summed E-state index contributed by atoms with van der Waals surface area (Å²) in [5.41, 5.74) is 4.05. The van der Waals surface area contributed by atoms with E-state index in [4.69, 9.17) is 0 Å². The number of thiophene rings is 1. The lowest BCUT2D eigenvalue weighted by Crippen LogP contribution is -2.40. The Hall–Kier alpha value is -3.21. The highest BCUT2D eigenvalue weighted by molar-refractivity contribution is 7.10. The van der Waals surface area contributed by atoms with E-state index in [0.717, 1.165) is 22.4 Å². The second-order valence-corrected chi connectivity index (χ2v) is 8.13. The molecule has 0 radical (unpaired) electrons. The number of para-hydroxylation sites is 1. The van der Waals surface area contributed by atoms with E-state index in [9.17, 15) is 4.79 Å². The van der Waals surface area contributed by atoms with Crippen LogP contribution >= 0.6 is 11.3 Å². The lowest BCUT2D eigenvalue weighted by molar-refractivity contribution is -0.117. The average molecular weight is 413 g/mol. The van der Waals surface area contributed by atoms with Gasteiger partial charge in [-0.05, 0) is 35.6 Å². The molecule has 4 heteroatoms. The molecule has 2 atom stereocenters. The van der Waals surface area contributed by atoms with Crippen molar-refractivity contribution in [2.45, 2.75) is 19.0 Å². The Kier molecular flexibility index (Phi) is 6.38. The molecular formula is C26H24N2OS. The third kappa shape index (κ3) is 4.67. The number of hydrogen-bond donors (Lipinski definition) is 2. The van der Waals surface area contributed by atoms with Crippen LogP contribution in [0, 0.1) is 0 Å². The maximum absolute atomic E-state index is 13.1. The zero-order valence-corrected chi connectivity index (χ0v) is 17.6. The van der Waals surface area contributed by atoms with Crippen molar-refractivity contribution in [3.63, 3.8) is 0 Å². The molecule has 3 nitrogen and oxygen atoms in total. The maximum atomic E-state index is 13.1. The predicted octanol–water partition coefficient (Wildman–Crippen LogP) is 6.12. The number of hydrogen-bond acceptors (Lipinski definition) is 3. The van der Waals surface area contributed by atoms with Crippen LogP contribution in [0.25, 0.3) is 11.1 Å². The van der Waals surface area contributed by atoms with Crippen LogP contribution < -0.4 is 10.6 Å². The number of benzene rings is 3. The third-order valence-electron chi connectivity index (χ3n) is 5.04. The number of nitrogens with one attached hydrogen (secondary N) is 2. The first-order valence-corrected chi connectivity index (χ1v) is 10.9.